The lowest BCUT2D eigenvalue weighted by Crippen LogP contribution is -2.26. The van der Waals surface area contributed by atoms with Crippen molar-refractivity contribution in [1.29, 1.82) is 0 Å². The summed E-state index contributed by atoms with van der Waals surface area (Å²) in [7, 11) is 0. The fraction of sp³-hybridized carbons (Fsp3) is 1.00. The minimum atomic E-state index is 0.250. The molecule has 0 spiro atoms. The SMILES string of the molecule is OCCNCC1CCNC1. The molecule has 1 fully saturated rings. The smallest absolute Gasteiger partial charge is 0.0555 e. The minimum absolute atomic E-state index is 0.250. The molecule has 1 aliphatic heterocycles. The van der Waals surface area contributed by atoms with Crippen molar-refractivity contribution in [3.63, 3.8) is 0 Å². The first-order chi connectivity index (χ1) is 4.93. The molecule has 60 valence electrons. The van der Waals surface area contributed by atoms with Crippen LogP contribution in [0.5, 0.6) is 0 Å². The Hall–Kier alpha value is -0.120. The van der Waals surface area contributed by atoms with Crippen molar-refractivity contribution in [2.75, 3.05) is 32.8 Å². The van der Waals surface area contributed by atoms with Gasteiger partial charge >= 0.3 is 0 Å². The fourth-order valence-electron chi connectivity index (χ4n) is 1.27. The lowest BCUT2D eigenvalue weighted by Gasteiger charge is -2.07. The highest BCUT2D eigenvalue weighted by atomic mass is 16.3. The number of hydrogen-bond acceptors (Lipinski definition) is 3. The van der Waals surface area contributed by atoms with Crippen LogP contribution < -0.4 is 10.6 Å². The van der Waals surface area contributed by atoms with Gasteiger partial charge in [-0.05, 0) is 32.0 Å². The highest BCUT2D eigenvalue weighted by Gasteiger charge is 2.12. The Kier molecular flexibility index (Phi) is 3.72. The van der Waals surface area contributed by atoms with Crippen molar-refractivity contribution in [3.8, 4) is 0 Å². The zero-order valence-corrected chi connectivity index (χ0v) is 6.27. The molecule has 0 aromatic heterocycles. The van der Waals surface area contributed by atoms with Crippen molar-refractivity contribution in [1.82, 2.24) is 10.6 Å². The van der Waals surface area contributed by atoms with E-state index in [0.29, 0.717) is 0 Å². The quantitative estimate of drug-likeness (QED) is 0.452. The number of rotatable bonds is 4. The predicted molar refractivity (Wildman–Crippen MR) is 40.9 cm³/mol. The fourth-order valence-corrected chi connectivity index (χ4v) is 1.27. The molecule has 3 heteroatoms. The lowest BCUT2D eigenvalue weighted by atomic mass is 10.1. The first kappa shape index (κ1) is 7.98. The van der Waals surface area contributed by atoms with Crippen LogP contribution in [-0.2, 0) is 0 Å². The van der Waals surface area contributed by atoms with E-state index in [2.05, 4.69) is 10.6 Å². The second-order valence-electron chi connectivity index (χ2n) is 2.79. The van der Waals surface area contributed by atoms with Crippen molar-refractivity contribution in [2.24, 2.45) is 5.92 Å². The molecule has 3 N–H and O–H groups in total. The van der Waals surface area contributed by atoms with Gasteiger partial charge in [-0.2, -0.15) is 0 Å². The van der Waals surface area contributed by atoms with Crippen molar-refractivity contribution < 1.29 is 5.11 Å². The van der Waals surface area contributed by atoms with Gasteiger partial charge in [-0.15, -0.1) is 0 Å². The van der Waals surface area contributed by atoms with E-state index >= 15 is 0 Å². The van der Waals surface area contributed by atoms with Crippen molar-refractivity contribution >= 4 is 0 Å². The zero-order valence-electron chi connectivity index (χ0n) is 6.27. The molecule has 1 rings (SSSR count). The van der Waals surface area contributed by atoms with Gasteiger partial charge in [0.05, 0.1) is 6.61 Å². The van der Waals surface area contributed by atoms with Gasteiger partial charge in [0.15, 0.2) is 0 Å². The van der Waals surface area contributed by atoms with E-state index in [1.807, 2.05) is 0 Å². The Balaban J connectivity index is 1.91. The molecule has 0 bridgehead atoms. The first-order valence-electron chi connectivity index (χ1n) is 3.96. The largest absolute Gasteiger partial charge is 0.395 e. The molecule has 1 unspecified atom stereocenters. The van der Waals surface area contributed by atoms with E-state index in [1.54, 1.807) is 0 Å². The van der Waals surface area contributed by atoms with Gasteiger partial charge in [-0.25, -0.2) is 0 Å². The Morgan fingerprint density at radius 3 is 3.10 bits per heavy atom. The van der Waals surface area contributed by atoms with Gasteiger partial charge in [0.25, 0.3) is 0 Å². The molecule has 1 aliphatic rings. The van der Waals surface area contributed by atoms with Crippen LogP contribution in [-0.4, -0.2) is 37.9 Å². The molecule has 1 atom stereocenters. The summed E-state index contributed by atoms with van der Waals surface area (Å²) in [5.41, 5.74) is 0. The number of hydrogen-bond donors (Lipinski definition) is 3. The van der Waals surface area contributed by atoms with E-state index in [4.69, 9.17) is 5.11 Å². The lowest BCUT2D eigenvalue weighted by molar-refractivity contribution is 0.288. The summed E-state index contributed by atoms with van der Waals surface area (Å²) >= 11 is 0. The number of aliphatic hydroxyl groups is 1. The van der Waals surface area contributed by atoms with Gasteiger partial charge < -0.3 is 15.7 Å². The third kappa shape index (κ3) is 2.64. The topological polar surface area (TPSA) is 44.3 Å². The average Bonchev–Trinajstić information content (AvgIpc) is 2.41. The van der Waals surface area contributed by atoms with E-state index in [-0.39, 0.29) is 6.61 Å². The van der Waals surface area contributed by atoms with Crippen LogP contribution in [0, 0.1) is 5.92 Å². The molecular weight excluding hydrogens is 128 g/mol. The molecular formula is C7H16N2O. The number of nitrogens with one attached hydrogen (secondary N) is 2. The molecule has 0 aromatic rings. The van der Waals surface area contributed by atoms with Gasteiger partial charge in [0, 0.05) is 6.54 Å². The van der Waals surface area contributed by atoms with Crippen LogP contribution >= 0.6 is 0 Å². The Morgan fingerprint density at radius 2 is 2.50 bits per heavy atom. The van der Waals surface area contributed by atoms with Gasteiger partial charge in [-0.3, -0.25) is 0 Å². The Bertz CT molecular complexity index is 81.7. The highest BCUT2D eigenvalue weighted by molar-refractivity contribution is 4.72. The standard InChI is InChI=1S/C7H16N2O/c10-4-3-9-6-7-1-2-8-5-7/h7-10H,1-6H2. The summed E-state index contributed by atoms with van der Waals surface area (Å²) in [6, 6.07) is 0. The maximum Gasteiger partial charge on any atom is 0.0555 e. The maximum atomic E-state index is 8.46. The second-order valence-corrected chi connectivity index (χ2v) is 2.79. The third-order valence-corrected chi connectivity index (χ3v) is 1.88. The monoisotopic (exact) mass is 144 g/mol. The summed E-state index contributed by atoms with van der Waals surface area (Å²) in [6.07, 6.45) is 1.28. The normalized spacial score (nSPS) is 25.5. The molecule has 0 aromatic carbocycles. The summed E-state index contributed by atoms with van der Waals surface area (Å²) < 4.78 is 0. The van der Waals surface area contributed by atoms with E-state index in [0.717, 1.165) is 32.1 Å². The van der Waals surface area contributed by atoms with Gasteiger partial charge in [-0.1, -0.05) is 0 Å². The van der Waals surface area contributed by atoms with Crippen LogP contribution in [0.4, 0.5) is 0 Å². The van der Waals surface area contributed by atoms with E-state index < -0.39 is 0 Å². The van der Waals surface area contributed by atoms with Crippen LogP contribution in [0.1, 0.15) is 6.42 Å². The minimum Gasteiger partial charge on any atom is -0.395 e. The molecule has 0 radical (unpaired) electrons. The molecule has 0 saturated carbocycles. The Labute approximate surface area is 61.8 Å². The van der Waals surface area contributed by atoms with Crippen molar-refractivity contribution in [2.45, 2.75) is 6.42 Å². The molecule has 1 saturated heterocycles. The summed E-state index contributed by atoms with van der Waals surface area (Å²) in [6.45, 7) is 4.33. The predicted octanol–water partition coefficient (Wildman–Crippen LogP) is -0.822. The first-order valence-corrected chi connectivity index (χ1v) is 3.96. The zero-order chi connectivity index (χ0) is 7.23. The molecule has 1 heterocycles. The molecule has 3 nitrogen and oxygen atoms in total. The average molecular weight is 144 g/mol. The van der Waals surface area contributed by atoms with Crippen LogP contribution in [0.15, 0.2) is 0 Å². The molecule has 0 amide bonds. The Morgan fingerprint density at radius 1 is 1.60 bits per heavy atom. The second kappa shape index (κ2) is 4.66. The van der Waals surface area contributed by atoms with Crippen LogP contribution in [0.3, 0.4) is 0 Å². The van der Waals surface area contributed by atoms with Crippen LogP contribution in [0.2, 0.25) is 0 Å². The van der Waals surface area contributed by atoms with Crippen LogP contribution in [0.25, 0.3) is 0 Å². The van der Waals surface area contributed by atoms with Gasteiger partial charge in [0.1, 0.15) is 0 Å². The number of aliphatic hydroxyl groups excluding tert-OH is 1. The maximum absolute atomic E-state index is 8.46. The van der Waals surface area contributed by atoms with Gasteiger partial charge in [0.2, 0.25) is 0 Å². The summed E-state index contributed by atoms with van der Waals surface area (Å²) in [5.74, 6) is 0.784. The third-order valence-electron chi connectivity index (χ3n) is 1.88. The summed E-state index contributed by atoms with van der Waals surface area (Å²) in [4.78, 5) is 0. The summed E-state index contributed by atoms with van der Waals surface area (Å²) in [5, 5.41) is 14.9. The van der Waals surface area contributed by atoms with E-state index in [1.165, 1.54) is 6.42 Å². The molecule has 10 heavy (non-hydrogen) atoms. The highest BCUT2D eigenvalue weighted by Crippen LogP contribution is 2.04. The molecule has 0 aliphatic carbocycles. The van der Waals surface area contributed by atoms with Crippen molar-refractivity contribution in [3.05, 3.63) is 0 Å². The van der Waals surface area contributed by atoms with E-state index in [9.17, 15) is 0 Å².